The van der Waals surface area contributed by atoms with E-state index in [1.807, 2.05) is 38.1 Å². The van der Waals surface area contributed by atoms with E-state index in [9.17, 15) is 4.79 Å². The van der Waals surface area contributed by atoms with Crippen molar-refractivity contribution >= 4 is 11.6 Å². The van der Waals surface area contributed by atoms with Crippen LogP contribution < -0.4 is 11.1 Å². The molecule has 2 rings (SSSR count). The Morgan fingerprint density at radius 3 is 2.68 bits per heavy atom. The third-order valence-corrected chi connectivity index (χ3v) is 3.15. The fourth-order valence-corrected chi connectivity index (χ4v) is 1.75. The molecule has 2 aromatic rings. The summed E-state index contributed by atoms with van der Waals surface area (Å²) in [6, 6.07) is 9.31. The summed E-state index contributed by atoms with van der Waals surface area (Å²) in [5.41, 5.74) is 9.81. The molecule has 1 amide bonds. The fourth-order valence-electron chi connectivity index (χ4n) is 1.75. The molecular weight excluding hydrogens is 238 g/mol. The van der Waals surface area contributed by atoms with Gasteiger partial charge in [0, 0.05) is 18.4 Å². The van der Waals surface area contributed by atoms with Crippen molar-refractivity contribution < 1.29 is 4.79 Å². The summed E-state index contributed by atoms with van der Waals surface area (Å²) in [5.74, 6) is -0.211. The highest BCUT2D eigenvalue weighted by Crippen LogP contribution is 2.18. The number of rotatable bonds is 3. The second kappa shape index (κ2) is 5.63. The van der Waals surface area contributed by atoms with Crippen molar-refractivity contribution in [2.24, 2.45) is 5.73 Å². The van der Waals surface area contributed by atoms with Crippen LogP contribution in [0.4, 0.5) is 5.69 Å². The Morgan fingerprint density at radius 1 is 1.26 bits per heavy atom. The van der Waals surface area contributed by atoms with Crippen molar-refractivity contribution in [3.63, 3.8) is 0 Å². The molecule has 1 aromatic carbocycles. The molecule has 0 aliphatic rings. The third-order valence-electron chi connectivity index (χ3n) is 3.15. The number of hydrogen-bond acceptors (Lipinski definition) is 3. The lowest BCUT2D eigenvalue weighted by Gasteiger charge is -2.10. The molecule has 0 saturated heterocycles. The monoisotopic (exact) mass is 255 g/mol. The van der Waals surface area contributed by atoms with Gasteiger partial charge in [0.15, 0.2) is 0 Å². The van der Waals surface area contributed by atoms with Crippen LogP contribution in [0.15, 0.2) is 36.5 Å². The molecule has 19 heavy (non-hydrogen) atoms. The Labute approximate surface area is 112 Å². The van der Waals surface area contributed by atoms with Gasteiger partial charge in [-0.3, -0.25) is 9.78 Å². The summed E-state index contributed by atoms with van der Waals surface area (Å²) in [6.45, 7) is 4.42. The van der Waals surface area contributed by atoms with Gasteiger partial charge in [0.05, 0.1) is 0 Å². The molecular formula is C15H17N3O. The lowest BCUT2D eigenvalue weighted by Crippen LogP contribution is -2.15. The van der Waals surface area contributed by atoms with Gasteiger partial charge in [0.1, 0.15) is 5.69 Å². The second-order valence-electron chi connectivity index (χ2n) is 4.46. The third kappa shape index (κ3) is 2.98. The van der Waals surface area contributed by atoms with Crippen LogP contribution in [-0.2, 0) is 6.54 Å². The molecule has 4 heteroatoms. The van der Waals surface area contributed by atoms with E-state index >= 15 is 0 Å². The van der Waals surface area contributed by atoms with Crippen molar-refractivity contribution in [1.29, 1.82) is 0 Å². The van der Waals surface area contributed by atoms with E-state index in [4.69, 9.17) is 5.73 Å². The predicted molar refractivity (Wildman–Crippen MR) is 76.0 cm³/mol. The maximum Gasteiger partial charge on any atom is 0.274 e. The highest BCUT2D eigenvalue weighted by atomic mass is 16.1. The number of nitrogens with zero attached hydrogens (tertiary/aromatic N) is 1. The van der Waals surface area contributed by atoms with Crippen LogP contribution in [0.1, 0.15) is 27.2 Å². The summed E-state index contributed by atoms with van der Waals surface area (Å²) in [6.07, 6.45) is 1.62. The Balaban J connectivity index is 2.18. The first-order valence-corrected chi connectivity index (χ1v) is 6.14. The van der Waals surface area contributed by atoms with Gasteiger partial charge >= 0.3 is 0 Å². The summed E-state index contributed by atoms with van der Waals surface area (Å²) >= 11 is 0. The number of pyridine rings is 1. The van der Waals surface area contributed by atoms with Crippen LogP contribution in [0.5, 0.6) is 0 Å². The Hall–Kier alpha value is -2.20. The van der Waals surface area contributed by atoms with E-state index in [-0.39, 0.29) is 5.91 Å². The molecule has 0 bridgehead atoms. The van der Waals surface area contributed by atoms with Crippen LogP contribution in [0.25, 0.3) is 0 Å². The van der Waals surface area contributed by atoms with Gasteiger partial charge in [-0.15, -0.1) is 0 Å². The van der Waals surface area contributed by atoms with Gasteiger partial charge in [-0.05, 0) is 42.7 Å². The first-order chi connectivity index (χ1) is 9.11. The van der Waals surface area contributed by atoms with Crippen molar-refractivity contribution in [2.75, 3.05) is 5.32 Å². The topological polar surface area (TPSA) is 68.0 Å². The maximum atomic E-state index is 12.1. The van der Waals surface area contributed by atoms with Crippen LogP contribution in [0, 0.1) is 13.8 Å². The normalized spacial score (nSPS) is 10.3. The van der Waals surface area contributed by atoms with Crippen molar-refractivity contribution in [1.82, 2.24) is 4.98 Å². The number of carbonyl (C=O) groups excluding carboxylic acids is 1. The number of hydrogen-bond donors (Lipinski definition) is 2. The molecule has 1 heterocycles. The molecule has 4 nitrogen and oxygen atoms in total. The van der Waals surface area contributed by atoms with E-state index in [0.29, 0.717) is 12.2 Å². The van der Waals surface area contributed by atoms with Gasteiger partial charge in [-0.1, -0.05) is 18.2 Å². The highest BCUT2D eigenvalue weighted by Gasteiger charge is 2.09. The van der Waals surface area contributed by atoms with Gasteiger partial charge < -0.3 is 11.1 Å². The van der Waals surface area contributed by atoms with Crippen molar-refractivity contribution in [3.05, 3.63) is 58.9 Å². The lowest BCUT2D eigenvalue weighted by atomic mass is 10.1. The Morgan fingerprint density at radius 2 is 2.05 bits per heavy atom. The summed E-state index contributed by atoms with van der Waals surface area (Å²) in [7, 11) is 0. The minimum Gasteiger partial charge on any atom is -0.326 e. The van der Waals surface area contributed by atoms with E-state index < -0.39 is 0 Å². The number of carbonyl (C=O) groups is 1. The molecule has 0 fully saturated rings. The van der Waals surface area contributed by atoms with E-state index in [1.54, 1.807) is 12.3 Å². The average molecular weight is 255 g/mol. The zero-order chi connectivity index (χ0) is 13.8. The summed E-state index contributed by atoms with van der Waals surface area (Å²) < 4.78 is 0. The van der Waals surface area contributed by atoms with Gasteiger partial charge in [-0.2, -0.15) is 0 Å². The highest BCUT2D eigenvalue weighted by molar-refractivity contribution is 6.03. The molecule has 0 spiro atoms. The number of nitrogens with one attached hydrogen (secondary N) is 1. The fraction of sp³-hybridized carbons (Fsp3) is 0.200. The average Bonchev–Trinajstić information content (AvgIpc) is 2.44. The number of anilines is 1. The van der Waals surface area contributed by atoms with Crippen LogP contribution in [-0.4, -0.2) is 10.9 Å². The van der Waals surface area contributed by atoms with Crippen molar-refractivity contribution in [3.8, 4) is 0 Å². The molecule has 3 N–H and O–H groups in total. The van der Waals surface area contributed by atoms with Gasteiger partial charge in [-0.25, -0.2) is 0 Å². The van der Waals surface area contributed by atoms with Crippen molar-refractivity contribution in [2.45, 2.75) is 20.4 Å². The second-order valence-corrected chi connectivity index (χ2v) is 4.46. The standard InChI is InChI=1S/C15H17N3O/c1-10-4-3-5-13(11(10)2)18-15(19)14-7-6-12(8-16)9-17-14/h3-7,9H,8,16H2,1-2H3,(H,18,19). The Kier molecular flexibility index (Phi) is 3.92. The van der Waals surface area contributed by atoms with Crippen LogP contribution in [0.3, 0.4) is 0 Å². The molecule has 0 unspecified atom stereocenters. The molecule has 0 atom stereocenters. The zero-order valence-electron chi connectivity index (χ0n) is 11.1. The maximum absolute atomic E-state index is 12.1. The number of nitrogens with two attached hydrogens (primary N) is 1. The number of benzene rings is 1. The smallest absolute Gasteiger partial charge is 0.274 e. The summed E-state index contributed by atoms with van der Waals surface area (Å²) in [5, 5.41) is 2.87. The van der Waals surface area contributed by atoms with E-state index in [1.165, 1.54) is 0 Å². The molecule has 0 aliphatic carbocycles. The first-order valence-electron chi connectivity index (χ1n) is 6.14. The number of aromatic nitrogens is 1. The number of aryl methyl sites for hydroxylation is 1. The van der Waals surface area contributed by atoms with Crippen LogP contribution >= 0.6 is 0 Å². The lowest BCUT2D eigenvalue weighted by molar-refractivity contribution is 0.102. The van der Waals surface area contributed by atoms with E-state index in [2.05, 4.69) is 10.3 Å². The largest absolute Gasteiger partial charge is 0.326 e. The van der Waals surface area contributed by atoms with Gasteiger partial charge in [0.25, 0.3) is 5.91 Å². The molecule has 0 aliphatic heterocycles. The molecule has 0 radical (unpaired) electrons. The zero-order valence-corrected chi connectivity index (χ0v) is 11.1. The minimum atomic E-state index is -0.211. The van der Waals surface area contributed by atoms with E-state index in [0.717, 1.165) is 22.4 Å². The molecule has 0 saturated carbocycles. The van der Waals surface area contributed by atoms with Crippen LogP contribution in [0.2, 0.25) is 0 Å². The molecule has 98 valence electrons. The summed E-state index contributed by atoms with van der Waals surface area (Å²) in [4.78, 5) is 16.2. The number of amides is 1. The molecule has 1 aromatic heterocycles. The van der Waals surface area contributed by atoms with Gasteiger partial charge in [0.2, 0.25) is 0 Å². The minimum absolute atomic E-state index is 0.211. The predicted octanol–water partition coefficient (Wildman–Crippen LogP) is 2.41. The quantitative estimate of drug-likeness (QED) is 0.885. The Bertz CT molecular complexity index is 591. The SMILES string of the molecule is Cc1cccc(NC(=O)c2ccc(CN)cn2)c1C. The first kappa shape index (κ1) is 13.2.